The first kappa shape index (κ1) is 24.2. The number of piperazine rings is 1. The Labute approximate surface area is 204 Å². The van der Waals surface area contributed by atoms with Crippen LogP contribution in [0.5, 0.6) is 5.88 Å². The highest BCUT2D eigenvalue weighted by molar-refractivity contribution is 6.06. The van der Waals surface area contributed by atoms with Gasteiger partial charge in [0.1, 0.15) is 11.2 Å². The predicted octanol–water partition coefficient (Wildman–Crippen LogP) is 3.07. The van der Waals surface area contributed by atoms with E-state index in [9.17, 15) is 9.59 Å². The molecule has 4 rings (SSSR count). The van der Waals surface area contributed by atoms with E-state index in [2.05, 4.69) is 20.4 Å². The largest absolute Gasteiger partial charge is 0.477 e. The molecule has 0 saturated carbocycles. The van der Waals surface area contributed by atoms with Gasteiger partial charge in [-0.3, -0.25) is 9.48 Å². The number of benzene rings is 1. The lowest BCUT2D eigenvalue weighted by Gasteiger charge is -2.35. The molecule has 186 valence electrons. The van der Waals surface area contributed by atoms with Crippen LogP contribution in [0.25, 0.3) is 10.9 Å². The number of carbonyl (C=O) groups excluding carboxylic acids is 2. The Bertz CT molecular complexity index is 1230. The normalized spacial score (nSPS) is 14.2. The zero-order valence-electron chi connectivity index (χ0n) is 20.7. The number of amides is 2. The van der Waals surface area contributed by atoms with Crippen molar-refractivity contribution in [3.63, 3.8) is 0 Å². The molecule has 2 amide bonds. The molecule has 11 nitrogen and oxygen atoms in total. The third-order valence-electron chi connectivity index (χ3n) is 5.36. The molecule has 0 aliphatic carbocycles. The Hall–Kier alpha value is -3.89. The first-order chi connectivity index (χ1) is 16.6. The van der Waals surface area contributed by atoms with E-state index in [1.807, 2.05) is 58.0 Å². The molecular weight excluding hydrogens is 450 g/mol. The summed E-state index contributed by atoms with van der Waals surface area (Å²) in [5.74, 6) is 0.302. The summed E-state index contributed by atoms with van der Waals surface area (Å²) >= 11 is 0. The van der Waals surface area contributed by atoms with E-state index < -0.39 is 5.60 Å². The molecular formula is C24H31N7O4. The van der Waals surface area contributed by atoms with E-state index in [4.69, 9.17) is 9.47 Å². The summed E-state index contributed by atoms with van der Waals surface area (Å²) in [6.45, 7) is 9.78. The van der Waals surface area contributed by atoms with Gasteiger partial charge in [-0.05, 0) is 45.9 Å². The molecule has 3 aromatic rings. The van der Waals surface area contributed by atoms with Gasteiger partial charge in [0.05, 0.1) is 12.1 Å². The van der Waals surface area contributed by atoms with Crippen molar-refractivity contribution in [3.05, 3.63) is 36.2 Å². The standard InChI is InChI=1S/C24H31N7O4/c1-6-34-21-18(20(32)26-17-7-8-19-16(13-17)15-29(5)28-19)14-25-22(27-21)30-9-11-31(12-10-30)23(33)35-24(2,3)4/h7-8,13-15H,6,9-12H2,1-5H3,(H,26,32). The Kier molecular flexibility index (Phi) is 6.77. The number of aromatic nitrogens is 4. The Morgan fingerprint density at radius 2 is 1.89 bits per heavy atom. The van der Waals surface area contributed by atoms with Gasteiger partial charge in [-0.25, -0.2) is 9.78 Å². The summed E-state index contributed by atoms with van der Waals surface area (Å²) in [4.78, 5) is 37.9. The van der Waals surface area contributed by atoms with Crippen LogP contribution in [0.15, 0.2) is 30.6 Å². The zero-order valence-corrected chi connectivity index (χ0v) is 20.7. The van der Waals surface area contributed by atoms with E-state index in [0.717, 1.165) is 10.9 Å². The van der Waals surface area contributed by atoms with Crippen LogP contribution in [-0.4, -0.2) is 75.0 Å². The Balaban J connectivity index is 1.45. The van der Waals surface area contributed by atoms with Gasteiger partial charge in [0, 0.05) is 56.7 Å². The fourth-order valence-electron chi connectivity index (χ4n) is 3.75. The summed E-state index contributed by atoms with van der Waals surface area (Å²) in [5, 5.41) is 8.15. The summed E-state index contributed by atoms with van der Waals surface area (Å²) in [6, 6.07) is 5.51. The van der Waals surface area contributed by atoms with Crippen molar-refractivity contribution >= 4 is 34.5 Å². The molecule has 1 N–H and O–H groups in total. The lowest BCUT2D eigenvalue weighted by Crippen LogP contribution is -2.50. The van der Waals surface area contributed by atoms with Gasteiger partial charge in [-0.2, -0.15) is 10.1 Å². The predicted molar refractivity (Wildman–Crippen MR) is 132 cm³/mol. The fourth-order valence-corrected chi connectivity index (χ4v) is 3.75. The van der Waals surface area contributed by atoms with Crippen molar-refractivity contribution in [2.75, 3.05) is 43.0 Å². The second-order valence-corrected chi connectivity index (χ2v) is 9.31. The van der Waals surface area contributed by atoms with Crippen LogP contribution in [0.2, 0.25) is 0 Å². The average molecular weight is 482 g/mol. The minimum Gasteiger partial charge on any atom is -0.477 e. The molecule has 0 atom stereocenters. The first-order valence-corrected chi connectivity index (χ1v) is 11.6. The van der Waals surface area contributed by atoms with Crippen molar-refractivity contribution in [2.45, 2.75) is 33.3 Å². The number of nitrogens with zero attached hydrogens (tertiary/aromatic N) is 6. The van der Waals surface area contributed by atoms with Crippen molar-refractivity contribution < 1.29 is 19.1 Å². The summed E-state index contributed by atoms with van der Waals surface area (Å²) in [7, 11) is 1.85. The molecule has 1 saturated heterocycles. The molecule has 35 heavy (non-hydrogen) atoms. The van der Waals surface area contributed by atoms with Crippen LogP contribution < -0.4 is 15.0 Å². The smallest absolute Gasteiger partial charge is 0.410 e. The number of ether oxygens (including phenoxy) is 2. The monoisotopic (exact) mass is 481 g/mol. The number of nitrogens with one attached hydrogen (secondary N) is 1. The maximum Gasteiger partial charge on any atom is 0.410 e. The molecule has 2 aromatic heterocycles. The Morgan fingerprint density at radius 1 is 1.14 bits per heavy atom. The van der Waals surface area contributed by atoms with Crippen LogP contribution >= 0.6 is 0 Å². The lowest BCUT2D eigenvalue weighted by atomic mass is 10.2. The molecule has 0 spiro atoms. The molecule has 11 heteroatoms. The maximum atomic E-state index is 13.0. The third kappa shape index (κ3) is 5.79. The van der Waals surface area contributed by atoms with Crippen molar-refractivity contribution in [1.29, 1.82) is 0 Å². The van der Waals surface area contributed by atoms with Gasteiger partial charge in [-0.15, -0.1) is 0 Å². The second kappa shape index (κ2) is 9.77. The van der Waals surface area contributed by atoms with Crippen LogP contribution in [0, 0.1) is 0 Å². The molecule has 1 fully saturated rings. The van der Waals surface area contributed by atoms with Crippen LogP contribution in [-0.2, 0) is 11.8 Å². The van der Waals surface area contributed by atoms with Gasteiger partial charge in [0.15, 0.2) is 0 Å². The minimum absolute atomic E-state index is 0.215. The van der Waals surface area contributed by atoms with Gasteiger partial charge in [0.25, 0.3) is 5.91 Å². The van der Waals surface area contributed by atoms with E-state index in [0.29, 0.717) is 44.4 Å². The number of anilines is 2. The van der Waals surface area contributed by atoms with E-state index in [1.165, 1.54) is 6.20 Å². The van der Waals surface area contributed by atoms with E-state index in [-0.39, 0.29) is 23.4 Å². The van der Waals surface area contributed by atoms with Gasteiger partial charge < -0.3 is 24.6 Å². The summed E-state index contributed by atoms with van der Waals surface area (Å²) in [6.07, 6.45) is 3.03. The average Bonchev–Trinajstić information content (AvgIpc) is 3.17. The van der Waals surface area contributed by atoms with Gasteiger partial charge in [0.2, 0.25) is 11.8 Å². The van der Waals surface area contributed by atoms with Crippen LogP contribution in [0.4, 0.5) is 16.4 Å². The molecule has 3 heterocycles. The molecule has 1 aromatic carbocycles. The van der Waals surface area contributed by atoms with Gasteiger partial charge in [-0.1, -0.05) is 0 Å². The van der Waals surface area contributed by atoms with Crippen LogP contribution in [0.1, 0.15) is 38.1 Å². The lowest BCUT2D eigenvalue weighted by molar-refractivity contribution is 0.0240. The molecule has 1 aliphatic rings. The maximum absolute atomic E-state index is 13.0. The highest BCUT2D eigenvalue weighted by Crippen LogP contribution is 2.23. The quantitative estimate of drug-likeness (QED) is 0.591. The highest BCUT2D eigenvalue weighted by atomic mass is 16.6. The van der Waals surface area contributed by atoms with Crippen molar-refractivity contribution in [3.8, 4) is 5.88 Å². The van der Waals surface area contributed by atoms with Gasteiger partial charge >= 0.3 is 6.09 Å². The molecule has 0 radical (unpaired) electrons. The van der Waals surface area contributed by atoms with Crippen molar-refractivity contribution in [2.24, 2.45) is 7.05 Å². The second-order valence-electron chi connectivity index (χ2n) is 9.31. The number of fused-ring (bicyclic) bond motifs is 1. The topological polar surface area (TPSA) is 115 Å². The van der Waals surface area contributed by atoms with Crippen molar-refractivity contribution in [1.82, 2.24) is 24.6 Å². The number of aryl methyl sites for hydroxylation is 1. The summed E-state index contributed by atoms with van der Waals surface area (Å²) in [5.41, 5.74) is 1.19. The highest BCUT2D eigenvalue weighted by Gasteiger charge is 2.27. The zero-order chi connectivity index (χ0) is 25.2. The van der Waals surface area contributed by atoms with Crippen LogP contribution in [0.3, 0.4) is 0 Å². The molecule has 1 aliphatic heterocycles. The fraction of sp³-hybridized carbons (Fsp3) is 0.458. The SMILES string of the molecule is CCOc1nc(N2CCN(C(=O)OC(C)(C)C)CC2)ncc1C(=O)Nc1ccc2nn(C)cc2c1. The first-order valence-electron chi connectivity index (χ1n) is 11.6. The van der Waals surface area contributed by atoms with E-state index in [1.54, 1.807) is 15.6 Å². The number of hydrogen-bond donors (Lipinski definition) is 1. The third-order valence-corrected chi connectivity index (χ3v) is 5.36. The molecule has 0 bridgehead atoms. The minimum atomic E-state index is -0.538. The number of carbonyl (C=O) groups is 2. The van der Waals surface area contributed by atoms with E-state index >= 15 is 0 Å². The number of hydrogen-bond acceptors (Lipinski definition) is 8. The number of rotatable bonds is 5. The molecule has 0 unspecified atom stereocenters. The Morgan fingerprint density at radius 3 is 2.57 bits per heavy atom. The summed E-state index contributed by atoms with van der Waals surface area (Å²) < 4.78 is 12.9.